The molecule has 17 heavy (non-hydrogen) atoms. The van der Waals surface area contributed by atoms with Crippen LogP contribution in [0, 0.1) is 0 Å². The standard InChI is InChI=1S/C13H19NO3/c1-3-16-7-8-17-13(15)10(2)11-5-4-6-12(14)9-11/h4-6,9-10H,3,7-8,14H2,1-2H3. The molecule has 0 heterocycles. The van der Waals surface area contributed by atoms with E-state index in [0.717, 1.165) is 5.56 Å². The summed E-state index contributed by atoms with van der Waals surface area (Å²) in [7, 11) is 0. The Morgan fingerprint density at radius 1 is 1.41 bits per heavy atom. The third kappa shape index (κ3) is 4.44. The molecular weight excluding hydrogens is 218 g/mol. The van der Waals surface area contributed by atoms with Gasteiger partial charge in [-0.15, -0.1) is 0 Å². The molecule has 0 saturated heterocycles. The first kappa shape index (κ1) is 13.5. The maximum Gasteiger partial charge on any atom is 0.313 e. The van der Waals surface area contributed by atoms with Crippen molar-refractivity contribution in [2.45, 2.75) is 19.8 Å². The van der Waals surface area contributed by atoms with Gasteiger partial charge in [-0.25, -0.2) is 0 Å². The minimum Gasteiger partial charge on any atom is -0.463 e. The molecule has 0 radical (unpaired) electrons. The average Bonchev–Trinajstić information content (AvgIpc) is 2.33. The molecule has 1 aromatic rings. The summed E-state index contributed by atoms with van der Waals surface area (Å²) >= 11 is 0. The van der Waals surface area contributed by atoms with E-state index >= 15 is 0 Å². The highest BCUT2D eigenvalue weighted by Crippen LogP contribution is 2.18. The van der Waals surface area contributed by atoms with Crippen LogP contribution in [-0.4, -0.2) is 25.8 Å². The Kier molecular flexibility index (Phi) is 5.49. The molecule has 0 aliphatic heterocycles. The summed E-state index contributed by atoms with van der Waals surface area (Å²) in [6, 6.07) is 7.27. The summed E-state index contributed by atoms with van der Waals surface area (Å²) in [6.07, 6.45) is 0. The predicted molar refractivity (Wildman–Crippen MR) is 66.7 cm³/mol. The van der Waals surface area contributed by atoms with Crippen LogP contribution in [0.2, 0.25) is 0 Å². The largest absolute Gasteiger partial charge is 0.463 e. The first-order valence-corrected chi connectivity index (χ1v) is 5.75. The van der Waals surface area contributed by atoms with Crippen LogP contribution in [-0.2, 0) is 14.3 Å². The second-order valence-electron chi connectivity index (χ2n) is 3.76. The molecule has 0 aliphatic rings. The summed E-state index contributed by atoms with van der Waals surface area (Å²) in [6.45, 7) is 5.06. The SMILES string of the molecule is CCOCCOC(=O)C(C)c1cccc(N)c1. The molecule has 0 aromatic heterocycles. The number of hydrogen-bond donors (Lipinski definition) is 1. The molecule has 1 unspecified atom stereocenters. The molecule has 0 bridgehead atoms. The van der Waals surface area contributed by atoms with Gasteiger partial charge in [0.15, 0.2) is 0 Å². The summed E-state index contributed by atoms with van der Waals surface area (Å²) in [4.78, 5) is 11.7. The second-order valence-corrected chi connectivity index (χ2v) is 3.76. The maximum atomic E-state index is 11.7. The van der Waals surface area contributed by atoms with Gasteiger partial charge in [-0.1, -0.05) is 12.1 Å². The number of esters is 1. The summed E-state index contributed by atoms with van der Waals surface area (Å²) in [5.74, 6) is -0.560. The lowest BCUT2D eigenvalue weighted by Gasteiger charge is -2.12. The fourth-order valence-corrected chi connectivity index (χ4v) is 1.43. The number of benzene rings is 1. The Bertz CT molecular complexity index is 365. The Labute approximate surface area is 102 Å². The predicted octanol–water partition coefficient (Wildman–Crippen LogP) is 1.95. The number of rotatable bonds is 6. The first-order valence-electron chi connectivity index (χ1n) is 5.75. The number of nitrogen functional groups attached to an aromatic ring is 1. The van der Waals surface area contributed by atoms with Gasteiger partial charge < -0.3 is 15.2 Å². The van der Waals surface area contributed by atoms with Crippen LogP contribution in [0.4, 0.5) is 5.69 Å². The fraction of sp³-hybridized carbons (Fsp3) is 0.462. The normalized spacial score (nSPS) is 12.1. The van der Waals surface area contributed by atoms with Crippen molar-refractivity contribution in [3.05, 3.63) is 29.8 Å². The van der Waals surface area contributed by atoms with Crippen LogP contribution in [0.1, 0.15) is 25.3 Å². The fourth-order valence-electron chi connectivity index (χ4n) is 1.43. The number of ether oxygens (including phenoxy) is 2. The number of nitrogens with two attached hydrogens (primary N) is 1. The van der Waals surface area contributed by atoms with Crippen molar-refractivity contribution in [3.63, 3.8) is 0 Å². The summed E-state index contributed by atoms with van der Waals surface area (Å²) in [5, 5.41) is 0. The van der Waals surface area contributed by atoms with E-state index < -0.39 is 0 Å². The molecule has 1 rings (SSSR count). The molecule has 1 atom stereocenters. The zero-order chi connectivity index (χ0) is 12.7. The highest BCUT2D eigenvalue weighted by Gasteiger charge is 2.16. The molecule has 0 aliphatic carbocycles. The van der Waals surface area contributed by atoms with Crippen LogP contribution >= 0.6 is 0 Å². The van der Waals surface area contributed by atoms with Crippen LogP contribution in [0.25, 0.3) is 0 Å². The summed E-state index contributed by atoms with van der Waals surface area (Å²) in [5.41, 5.74) is 7.18. The van der Waals surface area contributed by atoms with E-state index in [-0.39, 0.29) is 11.9 Å². The lowest BCUT2D eigenvalue weighted by Crippen LogP contribution is -2.16. The van der Waals surface area contributed by atoms with Crippen LogP contribution in [0.3, 0.4) is 0 Å². The lowest BCUT2D eigenvalue weighted by atomic mass is 10.0. The Morgan fingerprint density at radius 2 is 2.18 bits per heavy atom. The average molecular weight is 237 g/mol. The second kappa shape index (κ2) is 6.91. The molecule has 4 heteroatoms. The maximum absolute atomic E-state index is 11.7. The molecule has 0 fully saturated rings. The monoisotopic (exact) mass is 237 g/mol. The highest BCUT2D eigenvalue weighted by molar-refractivity contribution is 5.78. The van der Waals surface area contributed by atoms with Crippen molar-refractivity contribution < 1.29 is 14.3 Å². The number of carbonyl (C=O) groups excluding carboxylic acids is 1. The Balaban J connectivity index is 2.46. The van der Waals surface area contributed by atoms with E-state index in [2.05, 4.69) is 0 Å². The third-order valence-electron chi connectivity index (χ3n) is 2.44. The molecule has 0 amide bonds. The van der Waals surface area contributed by atoms with Crippen LogP contribution in [0.15, 0.2) is 24.3 Å². The molecule has 94 valence electrons. The molecule has 1 aromatic carbocycles. The number of carbonyl (C=O) groups is 1. The van der Waals surface area contributed by atoms with E-state index in [1.807, 2.05) is 19.1 Å². The van der Waals surface area contributed by atoms with Gasteiger partial charge in [-0.2, -0.15) is 0 Å². The number of anilines is 1. The van der Waals surface area contributed by atoms with Crippen molar-refractivity contribution >= 4 is 11.7 Å². The van der Waals surface area contributed by atoms with Gasteiger partial charge in [0.25, 0.3) is 0 Å². The van der Waals surface area contributed by atoms with Gasteiger partial charge in [0.2, 0.25) is 0 Å². The highest BCUT2D eigenvalue weighted by atomic mass is 16.6. The molecular formula is C13H19NO3. The third-order valence-corrected chi connectivity index (χ3v) is 2.44. The van der Waals surface area contributed by atoms with Crippen molar-refractivity contribution in [1.82, 2.24) is 0 Å². The van der Waals surface area contributed by atoms with Gasteiger partial charge in [0, 0.05) is 12.3 Å². The minimum absolute atomic E-state index is 0.254. The lowest BCUT2D eigenvalue weighted by molar-refractivity contribution is -0.146. The minimum atomic E-state index is -0.305. The molecule has 0 saturated carbocycles. The van der Waals surface area contributed by atoms with Gasteiger partial charge in [0.1, 0.15) is 6.61 Å². The van der Waals surface area contributed by atoms with Gasteiger partial charge in [-0.3, -0.25) is 4.79 Å². The summed E-state index contributed by atoms with van der Waals surface area (Å²) < 4.78 is 10.2. The topological polar surface area (TPSA) is 61.5 Å². The van der Waals surface area contributed by atoms with Crippen LogP contribution < -0.4 is 5.73 Å². The van der Waals surface area contributed by atoms with E-state index in [1.54, 1.807) is 19.1 Å². The van der Waals surface area contributed by atoms with Crippen molar-refractivity contribution in [2.24, 2.45) is 0 Å². The molecule has 2 N–H and O–H groups in total. The van der Waals surface area contributed by atoms with E-state index in [1.165, 1.54) is 0 Å². The molecule has 4 nitrogen and oxygen atoms in total. The van der Waals surface area contributed by atoms with E-state index in [9.17, 15) is 4.79 Å². The van der Waals surface area contributed by atoms with E-state index in [0.29, 0.717) is 25.5 Å². The van der Waals surface area contributed by atoms with Crippen molar-refractivity contribution in [2.75, 3.05) is 25.6 Å². The Hall–Kier alpha value is -1.55. The first-order chi connectivity index (χ1) is 8.15. The smallest absolute Gasteiger partial charge is 0.313 e. The van der Waals surface area contributed by atoms with Gasteiger partial charge in [0.05, 0.1) is 12.5 Å². The Morgan fingerprint density at radius 3 is 2.82 bits per heavy atom. The van der Waals surface area contributed by atoms with Crippen molar-refractivity contribution in [3.8, 4) is 0 Å². The quantitative estimate of drug-likeness (QED) is 0.466. The van der Waals surface area contributed by atoms with Crippen molar-refractivity contribution in [1.29, 1.82) is 0 Å². The zero-order valence-corrected chi connectivity index (χ0v) is 10.3. The molecule has 0 spiro atoms. The van der Waals surface area contributed by atoms with Gasteiger partial charge >= 0.3 is 5.97 Å². The zero-order valence-electron chi connectivity index (χ0n) is 10.3. The van der Waals surface area contributed by atoms with E-state index in [4.69, 9.17) is 15.2 Å². The van der Waals surface area contributed by atoms with Crippen LogP contribution in [0.5, 0.6) is 0 Å². The van der Waals surface area contributed by atoms with Gasteiger partial charge in [-0.05, 0) is 31.5 Å². The number of hydrogen-bond acceptors (Lipinski definition) is 4.